The normalized spacial score (nSPS) is 23.2. The lowest BCUT2D eigenvalue weighted by atomic mass is 9.93. The number of hydrogen-bond donors (Lipinski definition) is 0. The number of aromatic nitrogens is 3. The molecule has 1 amide bonds. The molecule has 0 spiro atoms. The minimum Gasteiger partial charge on any atom is -0.361 e. The van der Waals surface area contributed by atoms with Gasteiger partial charge in [-0.25, -0.2) is 4.98 Å². The molecule has 27 heavy (non-hydrogen) atoms. The molecule has 3 aliphatic rings. The fourth-order valence-corrected chi connectivity index (χ4v) is 4.52. The highest BCUT2D eigenvalue weighted by molar-refractivity contribution is 5.80. The van der Waals surface area contributed by atoms with Gasteiger partial charge in [-0.05, 0) is 46.6 Å². The first-order valence-electron chi connectivity index (χ1n) is 9.95. The number of carbonyl (C=O) groups excluding carboxylic acids is 1. The van der Waals surface area contributed by atoms with Crippen LogP contribution in [0.2, 0.25) is 0 Å². The van der Waals surface area contributed by atoms with Crippen molar-refractivity contribution in [2.75, 3.05) is 19.6 Å². The molecule has 7 nitrogen and oxygen atoms in total. The summed E-state index contributed by atoms with van der Waals surface area (Å²) in [4.78, 5) is 21.9. The van der Waals surface area contributed by atoms with E-state index in [4.69, 9.17) is 4.52 Å². The lowest BCUT2D eigenvalue weighted by Gasteiger charge is -2.36. The molecule has 2 aromatic heterocycles. The Morgan fingerprint density at radius 1 is 1.19 bits per heavy atom. The zero-order chi connectivity index (χ0) is 19.0. The minimum absolute atomic E-state index is 0.124. The van der Waals surface area contributed by atoms with Crippen LogP contribution in [0, 0.1) is 26.7 Å². The average Bonchev–Trinajstić information content (AvgIpc) is 3.07. The second kappa shape index (κ2) is 7.46. The molecule has 3 aliphatic heterocycles. The first-order chi connectivity index (χ1) is 13.0. The molecule has 2 bridgehead atoms. The molecule has 0 N–H and O–H groups in total. The topological polar surface area (TPSA) is 67.4 Å². The highest BCUT2D eigenvalue weighted by Gasteiger charge is 2.40. The van der Waals surface area contributed by atoms with E-state index in [1.54, 1.807) is 0 Å². The second-order valence-corrected chi connectivity index (χ2v) is 7.98. The van der Waals surface area contributed by atoms with Gasteiger partial charge in [0, 0.05) is 43.6 Å². The van der Waals surface area contributed by atoms with Crippen molar-refractivity contribution in [1.82, 2.24) is 24.5 Å². The molecule has 0 aliphatic carbocycles. The number of imidazole rings is 1. The maximum absolute atomic E-state index is 13.0. The van der Waals surface area contributed by atoms with Crippen LogP contribution in [-0.2, 0) is 17.9 Å². The van der Waals surface area contributed by atoms with Gasteiger partial charge >= 0.3 is 0 Å². The largest absolute Gasteiger partial charge is 0.361 e. The zero-order valence-corrected chi connectivity index (χ0v) is 16.5. The number of piperidine rings is 1. The van der Waals surface area contributed by atoms with Gasteiger partial charge < -0.3 is 18.9 Å². The summed E-state index contributed by atoms with van der Waals surface area (Å²) < 4.78 is 7.49. The first-order valence-corrected chi connectivity index (χ1v) is 9.95. The molecule has 146 valence electrons. The van der Waals surface area contributed by atoms with Gasteiger partial charge in [0.2, 0.25) is 5.91 Å². The number of rotatable bonds is 6. The standard InChI is InChI=1S/C20H29N5O2/c1-14-19(15(2)27-22-14)13-25-18-6-5-17(20(25)26)11-23(12-18)8-4-9-24-10-7-21-16(24)3/h7,10,17-18H,4-6,8-9,11-13H2,1-3H3/t17-,18+/m0/s1. The third-order valence-electron chi connectivity index (χ3n) is 6.18. The van der Waals surface area contributed by atoms with Crippen LogP contribution in [0.4, 0.5) is 0 Å². The Bertz CT molecular complexity index is 792. The monoisotopic (exact) mass is 371 g/mol. The van der Waals surface area contributed by atoms with Gasteiger partial charge in [-0.15, -0.1) is 0 Å². The van der Waals surface area contributed by atoms with Crippen LogP contribution in [-0.4, -0.2) is 56.1 Å². The van der Waals surface area contributed by atoms with Crippen molar-refractivity contribution >= 4 is 5.91 Å². The third-order valence-corrected chi connectivity index (χ3v) is 6.18. The van der Waals surface area contributed by atoms with E-state index in [0.717, 1.165) is 68.3 Å². The zero-order valence-electron chi connectivity index (χ0n) is 16.5. The van der Waals surface area contributed by atoms with Crippen LogP contribution < -0.4 is 0 Å². The van der Waals surface area contributed by atoms with Crippen LogP contribution in [0.5, 0.6) is 0 Å². The number of carbonyl (C=O) groups is 1. The first kappa shape index (κ1) is 18.2. The van der Waals surface area contributed by atoms with Gasteiger partial charge in [0.15, 0.2) is 0 Å². The van der Waals surface area contributed by atoms with E-state index in [1.807, 2.05) is 33.2 Å². The number of hydrogen-bond acceptors (Lipinski definition) is 5. The highest BCUT2D eigenvalue weighted by Crippen LogP contribution is 2.31. The van der Waals surface area contributed by atoms with Crippen molar-refractivity contribution < 1.29 is 9.32 Å². The van der Waals surface area contributed by atoms with Crippen LogP contribution in [0.25, 0.3) is 0 Å². The molecule has 0 aromatic carbocycles. The lowest BCUT2D eigenvalue weighted by Crippen LogP contribution is -2.47. The fraction of sp³-hybridized carbons (Fsp3) is 0.650. The summed E-state index contributed by atoms with van der Waals surface area (Å²) in [5.74, 6) is 2.32. The second-order valence-electron chi connectivity index (χ2n) is 7.98. The Morgan fingerprint density at radius 2 is 2.04 bits per heavy atom. The number of fused-ring (bicyclic) bond motifs is 4. The van der Waals surface area contributed by atoms with Crippen LogP contribution in [0.1, 0.15) is 42.1 Å². The Hall–Kier alpha value is -2.15. The van der Waals surface area contributed by atoms with Gasteiger partial charge in [-0.3, -0.25) is 4.79 Å². The Labute approximate surface area is 160 Å². The van der Waals surface area contributed by atoms with E-state index in [9.17, 15) is 4.79 Å². The molecule has 5 rings (SSSR count). The highest BCUT2D eigenvalue weighted by atomic mass is 16.5. The smallest absolute Gasteiger partial charge is 0.227 e. The summed E-state index contributed by atoms with van der Waals surface area (Å²) in [6.07, 6.45) is 7.08. The predicted octanol–water partition coefficient (Wildman–Crippen LogP) is 2.31. The Kier molecular flexibility index (Phi) is 5.04. The maximum Gasteiger partial charge on any atom is 0.227 e. The van der Waals surface area contributed by atoms with Crippen molar-refractivity contribution in [1.29, 1.82) is 0 Å². The van der Waals surface area contributed by atoms with Crippen molar-refractivity contribution in [3.8, 4) is 0 Å². The molecular formula is C20H29N5O2. The van der Waals surface area contributed by atoms with E-state index in [2.05, 4.69) is 24.5 Å². The molecular weight excluding hydrogens is 342 g/mol. The van der Waals surface area contributed by atoms with Gasteiger partial charge in [0.1, 0.15) is 11.6 Å². The van der Waals surface area contributed by atoms with E-state index in [1.165, 1.54) is 0 Å². The summed E-state index contributed by atoms with van der Waals surface area (Å²) >= 11 is 0. The Morgan fingerprint density at radius 3 is 2.74 bits per heavy atom. The summed E-state index contributed by atoms with van der Waals surface area (Å²) in [5.41, 5.74) is 1.96. The van der Waals surface area contributed by atoms with Crippen molar-refractivity contribution in [3.05, 3.63) is 35.2 Å². The molecule has 2 atom stereocenters. The number of aryl methyl sites for hydroxylation is 4. The predicted molar refractivity (Wildman–Crippen MR) is 101 cm³/mol. The van der Waals surface area contributed by atoms with Gasteiger partial charge in [0.25, 0.3) is 0 Å². The molecule has 7 heteroatoms. The molecule has 0 unspecified atom stereocenters. The van der Waals surface area contributed by atoms with Crippen LogP contribution in [0.3, 0.4) is 0 Å². The summed E-state index contributed by atoms with van der Waals surface area (Å²) in [7, 11) is 0. The van der Waals surface area contributed by atoms with Crippen molar-refractivity contribution in [2.24, 2.45) is 5.92 Å². The summed E-state index contributed by atoms with van der Waals surface area (Å²) in [6.45, 7) is 10.4. The SMILES string of the molecule is Cc1noc(C)c1CN1C(=O)[C@H]2CC[C@@H]1CN(CCCn1ccnc1C)C2. The molecule has 0 saturated carbocycles. The van der Waals surface area contributed by atoms with Crippen LogP contribution >= 0.6 is 0 Å². The third kappa shape index (κ3) is 3.65. The lowest BCUT2D eigenvalue weighted by molar-refractivity contribution is -0.140. The molecule has 3 saturated heterocycles. The van der Waals surface area contributed by atoms with E-state index in [-0.39, 0.29) is 5.92 Å². The van der Waals surface area contributed by atoms with Gasteiger partial charge in [0.05, 0.1) is 18.2 Å². The van der Waals surface area contributed by atoms with Crippen LogP contribution in [0.15, 0.2) is 16.9 Å². The van der Waals surface area contributed by atoms with E-state index in [0.29, 0.717) is 18.5 Å². The minimum atomic E-state index is 0.124. The quantitative estimate of drug-likeness (QED) is 0.779. The van der Waals surface area contributed by atoms with E-state index >= 15 is 0 Å². The summed E-state index contributed by atoms with van der Waals surface area (Å²) in [5, 5.41) is 4.05. The fourth-order valence-electron chi connectivity index (χ4n) is 4.52. The molecule has 0 radical (unpaired) electrons. The number of nitrogens with zero attached hydrogens (tertiary/aromatic N) is 5. The van der Waals surface area contributed by atoms with Gasteiger partial charge in [-0.2, -0.15) is 0 Å². The Balaban J connectivity index is 1.40. The molecule has 2 aromatic rings. The van der Waals surface area contributed by atoms with Crippen molar-refractivity contribution in [3.63, 3.8) is 0 Å². The molecule has 5 heterocycles. The summed E-state index contributed by atoms with van der Waals surface area (Å²) in [6, 6.07) is 0.292. The average molecular weight is 371 g/mol. The molecule has 3 fully saturated rings. The number of amides is 1. The van der Waals surface area contributed by atoms with Crippen molar-refractivity contribution in [2.45, 2.75) is 59.2 Å². The van der Waals surface area contributed by atoms with Gasteiger partial charge in [-0.1, -0.05) is 5.16 Å². The van der Waals surface area contributed by atoms with E-state index < -0.39 is 0 Å². The maximum atomic E-state index is 13.0.